The van der Waals surface area contributed by atoms with Gasteiger partial charge in [-0.1, -0.05) is 34.8 Å². The summed E-state index contributed by atoms with van der Waals surface area (Å²) in [5, 5.41) is 11.7. The molecule has 0 aromatic heterocycles. The number of benzene rings is 2. The fraction of sp³-hybridized carbons (Fsp3) is 0.133. The van der Waals surface area contributed by atoms with Gasteiger partial charge in [-0.05, 0) is 37.3 Å². The van der Waals surface area contributed by atoms with Crippen molar-refractivity contribution in [2.45, 2.75) is 17.6 Å². The molecule has 0 radical (unpaired) electrons. The summed E-state index contributed by atoms with van der Waals surface area (Å²) in [6, 6.07) is 8.26. The van der Waals surface area contributed by atoms with Crippen LogP contribution in [0.3, 0.4) is 0 Å². The zero-order valence-electron chi connectivity index (χ0n) is 11.0. The molecule has 0 aliphatic heterocycles. The van der Waals surface area contributed by atoms with E-state index in [1.165, 1.54) is 24.8 Å². The molecule has 0 bridgehead atoms. The van der Waals surface area contributed by atoms with Crippen molar-refractivity contribution in [3.05, 3.63) is 56.5 Å². The lowest BCUT2D eigenvalue weighted by molar-refractivity contribution is 0.101. The fourth-order valence-corrected chi connectivity index (χ4v) is 3.48. The van der Waals surface area contributed by atoms with Crippen molar-refractivity contribution in [2.24, 2.45) is 0 Å². The van der Waals surface area contributed by atoms with Crippen molar-refractivity contribution in [2.75, 3.05) is 0 Å². The van der Waals surface area contributed by atoms with E-state index in [2.05, 4.69) is 0 Å². The molecule has 2 aromatic rings. The number of carbonyl (C=O) groups is 1. The topological polar surface area (TPSA) is 37.3 Å². The molecule has 0 unspecified atom stereocenters. The number of Topliss-reactive ketones (excluding diaryl/α,β-unsaturated/α-hetero) is 1. The van der Waals surface area contributed by atoms with Crippen LogP contribution in [0.4, 0.5) is 0 Å². The predicted octanol–water partition coefficient (Wildman–Crippen LogP) is 5.85. The third kappa shape index (κ3) is 4.07. The molecule has 0 atom stereocenters. The number of aromatic hydroxyl groups is 1. The van der Waals surface area contributed by atoms with Crippen molar-refractivity contribution in [1.29, 1.82) is 0 Å². The number of halogens is 3. The minimum absolute atomic E-state index is 0.0439. The number of phenolic OH excluding ortho intramolecular Hbond substituents is 1. The van der Waals surface area contributed by atoms with Crippen molar-refractivity contribution < 1.29 is 9.90 Å². The Kier molecular flexibility index (Phi) is 5.44. The molecule has 2 rings (SSSR count). The quantitative estimate of drug-likeness (QED) is 0.548. The molecular weight excluding hydrogens is 351 g/mol. The van der Waals surface area contributed by atoms with Crippen LogP contribution >= 0.6 is 46.6 Å². The van der Waals surface area contributed by atoms with E-state index in [4.69, 9.17) is 34.8 Å². The molecule has 0 fully saturated rings. The average molecular weight is 362 g/mol. The largest absolute Gasteiger partial charge is 0.507 e. The summed E-state index contributed by atoms with van der Waals surface area (Å²) >= 11 is 19.4. The van der Waals surface area contributed by atoms with Gasteiger partial charge in [-0.3, -0.25) is 4.79 Å². The van der Waals surface area contributed by atoms with Gasteiger partial charge in [0.15, 0.2) is 5.78 Å². The highest BCUT2D eigenvalue weighted by atomic mass is 35.5. The van der Waals surface area contributed by atoms with Crippen molar-refractivity contribution in [3.8, 4) is 5.75 Å². The SMILES string of the molecule is CC(=O)c1cc(Cl)cc(CSc2cc(Cl)ccc2Cl)c1O. The van der Waals surface area contributed by atoms with Gasteiger partial charge in [0.2, 0.25) is 0 Å². The zero-order valence-corrected chi connectivity index (χ0v) is 14.1. The number of thioether (sulfide) groups is 1. The van der Waals surface area contributed by atoms with E-state index < -0.39 is 0 Å². The van der Waals surface area contributed by atoms with Gasteiger partial charge in [0, 0.05) is 26.3 Å². The molecule has 2 aromatic carbocycles. The summed E-state index contributed by atoms with van der Waals surface area (Å²) < 4.78 is 0. The van der Waals surface area contributed by atoms with Gasteiger partial charge in [-0.2, -0.15) is 0 Å². The van der Waals surface area contributed by atoms with E-state index in [0.29, 0.717) is 26.4 Å². The summed E-state index contributed by atoms with van der Waals surface area (Å²) in [6.45, 7) is 1.39. The second kappa shape index (κ2) is 6.93. The summed E-state index contributed by atoms with van der Waals surface area (Å²) in [6.07, 6.45) is 0. The molecule has 0 aliphatic carbocycles. The Morgan fingerprint density at radius 3 is 2.52 bits per heavy atom. The molecule has 0 saturated carbocycles. The smallest absolute Gasteiger partial charge is 0.163 e. The van der Waals surface area contributed by atoms with Crippen molar-refractivity contribution in [1.82, 2.24) is 0 Å². The lowest BCUT2D eigenvalue weighted by atomic mass is 10.1. The van der Waals surface area contributed by atoms with Gasteiger partial charge in [-0.15, -0.1) is 11.8 Å². The molecule has 0 saturated heterocycles. The van der Waals surface area contributed by atoms with Crippen LogP contribution in [0.1, 0.15) is 22.8 Å². The number of hydrogen-bond donors (Lipinski definition) is 1. The number of hydrogen-bond acceptors (Lipinski definition) is 3. The lowest BCUT2D eigenvalue weighted by Gasteiger charge is -2.10. The first kappa shape index (κ1) is 16.5. The normalized spacial score (nSPS) is 10.7. The lowest BCUT2D eigenvalue weighted by Crippen LogP contribution is -1.96. The Labute approximate surface area is 142 Å². The third-order valence-electron chi connectivity index (χ3n) is 2.81. The summed E-state index contributed by atoms with van der Waals surface area (Å²) in [5.74, 6) is 0.145. The maximum Gasteiger partial charge on any atom is 0.163 e. The second-order valence-corrected chi connectivity index (χ2v) is 6.68. The van der Waals surface area contributed by atoms with E-state index in [-0.39, 0.29) is 17.1 Å². The first-order valence-corrected chi connectivity index (χ1v) is 8.10. The molecule has 110 valence electrons. The van der Waals surface area contributed by atoms with Crippen molar-refractivity contribution >= 4 is 52.3 Å². The predicted molar refractivity (Wildman–Crippen MR) is 89.1 cm³/mol. The van der Waals surface area contributed by atoms with Gasteiger partial charge >= 0.3 is 0 Å². The number of carbonyl (C=O) groups excluding carboxylic acids is 1. The van der Waals surface area contributed by atoms with Crippen molar-refractivity contribution in [3.63, 3.8) is 0 Å². The third-order valence-corrected chi connectivity index (χ3v) is 4.81. The first-order valence-electron chi connectivity index (χ1n) is 5.98. The highest BCUT2D eigenvalue weighted by Gasteiger charge is 2.14. The molecule has 6 heteroatoms. The van der Waals surface area contributed by atoms with Gasteiger partial charge < -0.3 is 5.11 Å². The minimum atomic E-state index is -0.234. The Bertz CT molecular complexity index is 702. The van der Waals surface area contributed by atoms with E-state index in [1.807, 2.05) is 0 Å². The Morgan fingerprint density at radius 1 is 1.14 bits per heavy atom. The monoisotopic (exact) mass is 360 g/mol. The molecule has 21 heavy (non-hydrogen) atoms. The number of ketones is 1. The van der Waals surface area contributed by atoms with Gasteiger partial charge in [0.25, 0.3) is 0 Å². The van der Waals surface area contributed by atoms with Crippen LogP contribution < -0.4 is 0 Å². The van der Waals surface area contributed by atoms with Gasteiger partial charge in [-0.25, -0.2) is 0 Å². The Morgan fingerprint density at radius 2 is 1.86 bits per heavy atom. The van der Waals surface area contributed by atoms with E-state index in [0.717, 1.165) is 4.90 Å². The van der Waals surface area contributed by atoms with Crippen LogP contribution in [0.25, 0.3) is 0 Å². The zero-order chi connectivity index (χ0) is 15.6. The number of phenols is 1. The van der Waals surface area contributed by atoms with Crippen LogP contribution in [-0.4, -0.2) is 10.9 Å². The molecule has 0 heterocycles. The molecule has 0 amide bonds. The van der Waals surface area contributed by atoms with Crippen LogP contribution in [0.15, 0.2) is 35.2 Å². The second-order valence-electron chi connectivity index (χ2n) is 4.38. The Hall–Kier alpha value is -0.870. The van der Waals surface area contributed by atoms with Gasteiger partial charge in [0.1, 0.15) is 5.75 Å². The van der Waals surface area contributed by atoms with Crippen LogP contribution in [-0.2, 0) is 5.75 Å². The van der Waals surface area contributed by atoms with Crippen LogP contribution in [0.5, 0.6) is 5.75 Å². The highest BCUT2D eigenvalue weighted by molar-refractivity contribution is 7.98. The average Bonchev–Trinajstić information content (AvgIpc) is 2.42. The summed E-state index contributed by atoms with van der Waals surface area (Å²) in [7, 11) is 0. The fourth-order valence-electron chi connectivity index (χ4n) is 1.78. The highest BCUT2D eigenvalue weighted by Crippen LogP contribution is 2.36. The number of rotatable bonds is 4. The Balaban J connectivity index is 2.28. The minimum Gasteiger partial charge on any atom is -0.507 e. The summed E-state index contributed by atoms with van der Waals surface area (Å²) in [5.41, 5.74) is 0.795. The molecule has 2 nitrogen and oxygen atoms in total. The first-order chi connectivity index (χ1) is 9.88. The molecule has 0 spiro atoms. The van der Waals surface area contributed by atoms with E-state index in [1.54, 1.807) is 24.3 Å². The maximum absolute atomic E-state index is 11.5. The maximum atomic E-state index is 11.5. The molecule has 1 N–H and O–H groups in total. The standard InChI is InChI=1S/C15H11Cl3O2S/c1-8(19)12-5-11(17)4-9(15(12)20)7-21-14-6-10(16)2-3-13(14)18/h2-6,20H,7H2,1H3. The molecular formula is C15H11Cl3O2S. The van der Waals surface area contributed by atoms with Gasteiger partial charge in [0.05, 0.1) is 10.6 Å². The van der Waals surface area contributed by atoms with E-state index >= 15 is 0 Å². The molecule has 0 aliphatic rings. The van der Waals surface area contributed by atoms with Crippen LogP contribution in [0.2, 0.25) is 15.1 Å². The summed E-state index contributed by atoms with van der Waals surface area (Å²) in [4.78, 5) is 12.3. The van der Waals surface area contributed by atoms with Crippen LogP contribution in [0, 0.1) is 0 Å². The van der Waals surface area contributed by atoms with E-state index in [9.17, 15) is 9.90 Å².